The van der Waals surface area contributed by atoms with Crippen LogP contribution in [0.25, 0.3) is 11.8 Å². The first-order valence-corrected chi connectivity index (χ1v) is 10.8. The second-order valence-electron chi connectivity index (χ2n) is 8.40. The molecule has 162 valence electrons. The van der Waals surface area contributed by atoms with Gasteiger partial charge in [-0.3, -0.25) is 9.80 Å². The van der Waals surface area contributed by atoms with Crippen LogP contribution in [0.4, 0.5) is 5.69 Å². The first-order valence-electron chi connectivity index (χ1n) is 10.8. The van der Waals surface area contributed by atoms with Crippen LogP contribution in [0.1, 0.15) is 28.3 Å². The molecule has 6 nitrogen and oxygen atoms in total. The maximum atomic E-state index is 14.1. The Morgan fingerprint density at radius 2 is 1.67 bits per heavy atom. The van der Waals surface area contributed by atoms with Gasteiger partial charge in [-0.15, -0.1) is 0 Å². The summed E-state index contributed by atoms with van der Waals surface area (Å²) >= 11 is 0. The number of nitrogens with zero attached hydrogens (tertiary/aromatic N) is 3. The summed E-state index contributed by atoms with van der Waals surface area (Å²) in [4.78, 5) is 28.9. The maximum Gasteiger partial charge on any atom is 0.355 e. The number of carbonyl (C=O) groups is 2. The molecule has 0 unspecified atom stereocenters. The molecule has 1 amide bonds. The fourth-order valence-electron chi connectivity index (χ4n) is 5.42. The van der Waals surface area contributed by atoms with E-state index in [2.05, 4.69) is 6.08 Å². The van der Waals surface area contributed by atoms with E-state index in [4.69, 9.17) is 9.84 Å². The number of carbonyl (C=O) groups excluding carboxylic acids is 2. The van der Waals surface area contributed by atoms with Crippen LogP contribution in [-0.2, 0) is 19.7 Å². The largest absolute Gasteiger partial charge is 0.464 e. The third-order valence-corrected chi connectivity index (χ3v) is 6.85. The van der Waals surface area contributed by atoms with Gasteiger partial charge in [-0.2, -0.15) is 5.10 Å². The number of fused-ring (bicyclic) bond motifs is 6. The Balaban J connectivity index is 1.70. The summed E-state index contributed by atoms with van der Waals surface area (Å²) in [6.07, 6.45) is 2.06. The second-order valence-corrected chi connectivity index (χ2v) is 8.40. The molecular weight excluding hydrogens is 414 g/mol. The molecule has 0 fully saturated rings. The molecule has 2 atom stereocenters. The van der Waals surface area contributed by atoms with Crippen molar-refractivity contribution in [3.63, 3.8) is 0 Å². The number of esters is 1. The third-order valence-electron chi connectivity index (χ3n) is 6.85. The van der Waals surface area contributed by atoms with Crippen LogP contribution < -0.4 is 4.90 Å². The van der Waals surface area contributed by atoms with Crippen LogP contribution >= 0.6 is 0 Å². The molecule has 3 aliphatic heterocycles. The van der Waals surface area contributed by atoms with Crippen molar-refractivity contribution in [2.24, 2.45) is 5.10 Å². The van der Waals surface area contributed by atoms with Crippen molar-refractivity contribution in [1.82, 2.24) is 5.01 Å². The van der Waals surface area contributed by atoms with Gasteiger partial charge in [-0.05, 0) is 28.8 Å². The van der Waals surface area contributed by atoms with E-state index in [1.807, 2.05) is 83.9 Å². The molecule has 3 heterocycles. The molecular formula is C27H21N3O3. The lowest BCUT2D eigenvalue weighted by molar-refractivity contribution is -0.134. The predicted molar refractivity (Wildman–Crippen MR) is 126 cm³/mol. The Bertz CT molecular complexity index is 1380. The summed E-state index contributed by atoms with van der Waals surface area (Å²) in [6.45, 7) is 0. The van der Waals surface area contributed by atoms with Crippen LogP contribution in [0.2, 0.25) is 0 Å². The average molecular weight is 435 g/mol. The molecule has 3 aromatic carbocycles. The summed E-state index contributed by atoms with van der Waals surface area (Å²) in [7, 11) is 3.07. The van der Waals surface area contributed by atoms with E-state index in [1.54, 1.807) is 11.9 Å². The minimum Gasteiger partial charge on any atom is -0.464 e. The second kappa shape index (κ2) is 6.90. The van der Waals surface area contributed by atoms with Crippen molar-refractivity contribution in [2.75, 3.05) is 19.1 Å². The number of para-hydroxylation sites is 1. The van der Waals surface area contributed by atoms with Crippen molar-refractivity contribution in [3.05, 3.63) is 101 Å². The minimum absolute atomic E-state index is 0.107. The Morgan fingerprint density at radius 3 is 2.45 bits per heavy atom. The van der Waals surface area contributed by atoms with Crippen LogP contribution in [0.5, 0.6) is 0 Å². The molecule has 0 aliphatic carbocycles. The number of benzene rings is 3. The highest BCUT2D eigenvalue weighted by atomic mass is 16.5. The lowest BCUT2D eigenvalue weighted by Crippen LogP contribution is -2.51. The zero-order valence-corrected chi connectivity index (χ0v) is 18.2. The number of rotatable bonds is 2. The molecule has 6 rings (SSSR count). The molecule has 0 bridgehead atoms. The van der Waals surface area contributed by atoms with Crippen LogP contribution in [0.15, 0.2) is 84.0 Å². The van der Waals surface area contributed by atoms with Crippen LogP contribution in [-0.4, -0.2) is 36.8 Å². The first-order chi connectivity index (χ1) is 16.1. The van der Waals surface area contributed by atoms with Gasteiger partial charge in [-0.1, -0.05) is 72.8 Å². The molecule has 0 radical (unpaired) electrons. The number of likely N-dealkylation sites (N-methyl/N-ethyl adjacent to an activating group) is 1. The maximum absolute atomic E-state index is 14.1. The predicted octanol–water partition coefficient (Wildman–Crippen LogP) is 4.00. The number of hydrogen-bond donors (Lipinski definition) is 0. The summed E-state index contributed by atoms with van der Waals surface area (Å²) in [5.41, 5.74) is 4.05. The summed E-state index contributed by atoms with van der Waals surface area (Å²) in [5, 5.41) is 6.65. The average Bonchev–Trinajstić information content (AvgIpc) is 3.34. The summed E-state index contributed by atoms with van der Waals surface area (Å²) in [6, 6.07) is 25.0. The molecule has 1 spiro atoms. The van der Waals surface area contributed by atoms with Gasteiger partial charge in [0.05, 0.1) is 12.8 Å². The van der Waals surface area contributed by atoms with Gasteiger partial charge < -0.3 is 9.64 Å². The van der Waals surface area contributed by atoms with Crippen molar-refractivity contribution in [1.29, 1.82) is 0 Å². The van der Waals surface area contributed by atoms with E-state index in [0.717, 1.165) is 33.6 Å². The highest BCUT2D eigenvalue weighted by molar-refractivity contribution is 6.48. The number of ether oxygens (including phenoxy) is 1. The summed E-state index contributed by atoms with van der Waals surface area (Å²) in [5.74, 6) is -0.794. The molecule has 0 saturated carbocycles. The van der Waals surface area contributed by atoms with E-state index in [1.165, 1.54) is 7.11 Å². The molecule has 0 aromatic heterocycles. The monoisotopic (exact) mass is 435 g/mol. The quantitative estimate of drug-likeness (QED) is 0.571. The van der Waals surface area contributed by atoms with Gasteiger partial charge in [0.15, 0.2) is 11.1 Å². The Labute approximate surface area is 191 Å². The summed E-state index contributed by atoms with van der Waals surface area (Å²) < 4.78 is 5.17. The zero-order chi connectivity index (χ0) is 22.7. The Hall–Kier alpha value is -4.19. The fourth-order valence-corrected chi connectivity index (χ4v) is 5.42. The van der Waals surface area contributed by atoms with Gasteiger partial charge in [0.1, 0.15) is 6.04 Å². The molecule has 3 aromatic rings. The van der Waals surface area contributed by atoms with Crippen molar-refractivity contribution in [3.8, 4) is 0 Å². The minimum atomic E-state index is -1.32. The SMILES string of the molecule is COC(=O)C1=NN2C(c3ccccc3)=Cc3ccccc3[C@H]2[C@]12C(=O)N(C)c1ccccc12. The van der Waals surface area contributed by atoms with Crippen LogP contribution in [0.3, 0.4) is 0 Å². The number of hydrogen-bond acceptors (Lipinski definition) is 5. The topological polar surface area (TPSA) is 62.2 Å². The smallest absolute Gasteiger partial charge is 0.355 e. The normalized spacial score (nSPS) is 22.5. The molecule has 0 N–H and O–H groups in total. The lowest BCUT2D eigenvalue weighted by atomic mass is 9.68. The molecule has 33 heavy (non-hydrogen) atoms. The fraction of sp³-hybridized carbons (Fsp3) is 0.148. The third kappa shape index (κ3) is 2.40. The Morgan fingerprint density at radius 1 is 0.970 bits per heavy atom. The first kappa shape index (κ1) is 19.5. The van der Waals surface area contributed by atoms with Gasteiger partial charge in [0.2, 0.25) is 5.91 Å². The molecule has 0 saturated heterocycles. The van der Waals surface area contributed by atoms with Gasteiger partial charge >= 0.3 is 5.97 Å². The van der Waals surface area contributed by atoms with Gasteiger partial charge in [-0.25, -0.2) is 4.79 Å². The number of anilines is 1. The van der Waals surface area contributed by atoms with Gasteiger partial charge in [0, 0.05) is 18.3 Å². The number of methoxy groups -OCH3 is 1. The van der Waals surface area contributed by atoms with Crippen molar-refractivity contribution < 1.29 is 14.3 Å². The zero-order valence-electron chi connectivity index (χ0n) is 18.2. The Kier molecular flexibility index (Phi) is 4.08. The van der Waals surface area contributed by atoms with E-state index in [9.17, 15) is 9.59 Å². The standard InChI is InChI=1S/C27H21N3O3/c1-29-21-15-9-8-14-20(21)27(26(29)32)23(25(31)33-2)28-30-22(17-10-4-3-5-11-17)16-18-12-6-7-13-19(18)24(27)30/h3-16,24H,1-2H3/t24-,27+/m0/s1. The van der Waals surface area contributed by atoms with E-state index in [0.29, 0.717) is 0 Å². The molecule has 3 aliphatic rings. The van der Waals surface area contributed by atoms with E-state index >= 15 is 0 Å². The highest BCUT2D eigenvalue weighted by Crippen LogP contribution is 2.58. The van der Waals surface area contributed by atoms with E-state index < -0.39 is 17.4 Å². The molecule has 6 heteroatoms. The lowest BCUT2D eigenvalue weighted by Gasteiger charge is -2.39. The number of amides is 1. The van der Waals surface area contributed by atoms with Crippen LogP contribution in [0, 0.1) is 0 Å². The number of hydrazone groups is 1. The van der Waals surface area contributed by atoms with Crippen molar-refractivity contribution >= 4 is 35.0 Å². The van der Waals surface area contributed by atoms with Gasteiger partial charge in [0.25, 0.3) is 0 Å². The highest BCUT2D eigenvalue weighted by Gasteiger charge is 2.67. The van der Waals surface area contributed by atoms with E-state index in [-0.39, 0.29) is 11.6 Å². The van der Waals surface area contributed by atoms with Crippen molar-refractivity contribution in [2.45, 2.75) is 11.5 Å².